The minimum Gasteiger partial charge on any atom is -0.497 e. The van der Waals surface area contributed by atoms with Crippen LogP contribution in [-0.4, -0.2) is 33.9 Å². The molecule has 1 aromatic carbocycles. The number of anilines is 2. The van der Waals surface area contributed by atoms with Gasteiger partial charge in [0.05, 0.1) is 25.1 Å². The first-order valence-corrected chi connectivity index (χ1v) is 5.25. The first-order chi connectivity index (χ1) is 7.60. The van der Waals surface area contributed by atoms with Gasteiger partial charge in [-0.2, -0.15) is 0 Å². The third-order valence-corrected chi connectivity index (χ3v) is 2.68. The molecule has 16 heavy (non-hydrogen) atoms. The Morgan fingerprint density at radius 2 is 2.06 bits per heavy atom. The summed E-state index contributed by atoms with van der Waals surface area (Å²) in [7, 11) is 5.33. The molecule has 4 heteroatoms. The first kappa shape index (κ1) is 12.6. The molecular weight excluding hydrogens is 204 g/mol. The van der Waals surface area contributed by atoms with Crippen LogP contribution in [0.25, 0.3) is 0 Å². The van der Waals surface area contributed by atoms with Gasteiger partial charge in [0.25, 0.3) is 0 Å². The van der Waals surface area contributed by atoms with Crippen molar-refractivity contribution in [1.29, 1.82) is 0 Å². The smallest absolute Gasteiger partial charge is 0.121 e. The molecule has 1 unspecified atom stereocenters. The number of rotatable bonds is 5. The Bertz CT molecular complexity index is 342. The van der Waals surface area contributed by atoms with Crippen molar-refractivity contribution in [3.63, 3.8) is 0 Å². The van der Waals surface area contributed by atoms with Crippen molar-refractivity contribution in [3.8, 4) is 5.75 Å². The second-order valence-electron chi connectivity index (χ2n) is 3.84. The van der Waals surface area contributed by atoms with Crippen molar-refractivity contribution in [2.75, 3.05) is 38.5 Å². The molecule has 1 aromatic rings. The fraction of sp³-hybridized carbons (Fsp3) is 0.500. The highest BCUT2D eigenvalue weighted by Crippen LogP contribution is 2.27. The predicted octanol–water partition coefficient (Wildman–Crippen LogP) is 1.75. The van der Waals surface area contributed by atoms with Crippen LogP contribution < -0.4 is 15.4 Å². The fourth-order valence-corrected chi connectivity index (χ4v) is 1.57. The van der Waals surface area contributed by atoms with Crippen LogP contribution in [-0.2, 0) is 4.74 Å². The maximum Gasteiger partial charge on any atom is 0.121 e. The fourth-order valence-electron chi connectivity index (χ4n) is 1.57. The lowest BCUT2D eigenvalue weighted by Gasteiger charge is -2.27. The third-order valence-electron chi connectivity index (χ3n) is 2.68. The summed E-state index contributed by atoms with van der Waals surface area (Å²) in [6, 6.07) is 5.97. The summed E-state index contributed by atoms with van der Waals surface area (Å²) in [5.74, 6) is 0.772. The van der Waals surface area contributed by atoms with Crippen molar-refractivity contribution in [2.24, 2.45) is 0 Å². The van der Waals surface area contributed by atoms with Crippen LogP contribution in [0.5, 0.6) is 5.75 Å². The number of nitrogen functional groups attached to an aromatic ring is 1. The Kier molecular flexibility index (Phi) is 4.43. The van der Waals surface area contributed by atoms with E-state index in [1.165, 1.54) is 0 Å². The molecule has 0 aliphatic carbocycles. The number of ether oxygens (including phenoxy) is 2. The molecule has 0 saturated carbocycles. The van der Waals surface area contributed by atoms with E-state index in [0.717, 1.165) is 11.4 Å². The van der Waals surface area contributed by atoms with E-state index in [1.807, 2.05) is 25.2 Å². The van der Waals surface area contributed by atoms with Gasteiger partial charge in [0.15, 0.2) is 0 Å². The van der Waals surface area contributed by atoms with Gasteiger partial charge in [-0.3, -0.25) is 0 Å². The second kappa shape index (κ2) is 5.61. The van der Waals surface area contributed by atoms with Gasteiger partial charge in [0.1, 0.15) is 5.75 Å². The van der Waals surface area contributed by atoms with E-state index in [-0.39, 0.29) is 6.04 Å². The molecule has 0 amide bonds. The highest BCUT2D eigenvalue weighted by atomic mass is 16.5. The van der Waals surface area contributed by atoms with Crippen molar-refractivity contribution < 1.29 is 9.47 Å². The van der Waals surface area contributed by atoms with Gasteiger partial charge in [0, 0.05) is 26.3 Å². The van der Waals surface area contributed by atoms with Gasteiger partial charge in [-0.1, -0.05) is 0 Å². The average molecular weight is 224 g/mol. The molecule has 2 N–H and O–H groups in total. The molecule has 0 saturated heterocycles. The Hall–Kier alpha value is -1.42. The Morgan fingerprint density at radius 1 is 1.38 bits per heavy atom. The summed E-state index contributed by atoms with van der Waals surface area (Å²) in [4.78, 5) is 2.10. The highest BCUT2D eigenvalue weighted by Gasteiger charge is 2.12. The van der Waals surface area contributed by atoms with Crippen LogP contribution >= 0.6 is 0 Å². The topological polar surface area (TPSA) is 47.7 Å². The normalized spacial score (nSPS) is 12.2. The van der Waals surface area contributed by atoms with Crippen molar-refractivity contribution >= 4 is 11.4 Å². The maximum absolute atomic E-state index is 5.97. The van der Waals surface area contributed by atoms with E-state index in [9.17, 15) is 0 Å². The Morgan fingerprint density at radius 3 is 2.56 bits per heavy atom. The molecule has 90 valence electrons. The number of likely N-dealkylation sites (N-methyl/N-ethyl adjacent to an activating group) is 1. The van der Waals surface area contributed by atoms with Gasteiger partial charge in [-0.15, -0.1) is 0 Å². The lowest BCUT2D eigenvalue weighted by molar-refractivity contribution is 0.183. The van der Waals surface area contributed by atoms with Crippen LogP contribution in [0, 0.1) is 0 Å². The standard InChI is InChI=1S/C12H20N2O2/c1-9(8-15-3)14(2)12-6-5-10(16-4)7-11(12)13/h5-7,9H,8,13H2,1-4H3. The van der Waals surface area contributed by atoms with Crippen LogP contribution in [0.3, 0.4) is 0 Å². The minimum atomic E-state index is 0.278. The predicted molar refractivity (Wildman–Crippen MR) is 67.1 cm³/mol. The lowest BCUT2D eigenvalue weighted by atomic mass is 10.2. The van der Waals surface area contributed by atoms with Gasteiger partial charge >= 0.3 is 0 Å². The van der Waals surface area contributed by atoms with Crippen molar-refractivity contribution in [2.45, 2.75) is 13.0 Å². The molecule has 0 spiro atoms. The summed E-state index contributed by atoms with van der Waals surface area (Å²) in [6.45, 7) is 2.76. The zero-order valence-electron chi connectivity index (χ0n) is 10.4. The number of hydrogen-bond acceptors (Lipinski definition) is 4. The Labute approximate surface area is 96.9 Å². The zero-order chi connectivity index (χ0) is 12.1. The molecule has 1 rings (SSSR count). The molecule has 0 fully saturated rings. The van der Waals surface area contributed by atoms with E-state index in [0.29, 0.717) is 12.3 Å². The van der Waals surface area contributed by atoms with E-state index < -0.39 is 0 Å². The molecule has 4 nitrogen and oxygen atoms in total. The van der Waals surface area contributed by atoms with Gasteiger partial charge in [-0.25, -0.2) is 0 Å². The number of nitrogens with two attached hydrogens (primary N) is 1. The number of methoxy groups -OCH3 is 2. The number of nitrogens with zero attached hydrogens (tertiary/aromatic N) is 1. The minimum absolute atomic E-state index is 0.278. The summed E-state index contributed by atoms with van der Waals surface area (Å²) in [6.07, 6.45) is 0. The van der Waals surface area contributed by atoms with E-state index in [1.54, 1.807) is 14.2 Å². The summed E-state index contributed by atoms with van der Waals surface area (Å²) >= 11 is 0. The average Bonchev–Trinajstić information content (AvgIpc) is 2.28. The highest BCUT2D eigenvalue weighted by molar-refractivity contribution is 5.69. The molecule has 0 aliphatic rings. The molecule has 0 heterocycles. The molecule has 1 atom stereocenters. The van der Waals surface area contributed by atoms with Crippen LogP contribution in [0.2, 0.25) is 0 Å². The van der Waals surface area contributed by atoms with E-state index in [2.05, 4.69) is 11.8 Å². The van der Waals surface area contributed by atoms with Crippen molar-refractivity contribution in [1.82, 2.24) is 0 Å². The summed E-state index contributed by atoms with van der Waals surface area (Å²) in [5.41, 5.74) is 7.67. The van der Waals surface area contributed by atoms with Crippen LogP contribution in [0.4, 0.5) is 11.4 Å². The van der Waals surface area contributed by atoms with Crippen LogP contribution in [0.1, 0.15) is 6.92 Å². The molecule has 0 radical (unpaired) electrons. The zero-order valence-corrected chi connectivity index (χ0v) is 10.4. The molecular formula is C12H20N2O2. The SMILES string of the molecule is COCC(C)N(C)c1ccc(OC)cc1N. The van der Waals surface area contributed by atoms with Gasteiger partial charge in [0.2, 0.25) is 0 Å². The van der Waals surface area contributed by atoms with Gasteiger partial charge < -0.3 is 20.1 Å². The van der Waals surface area contributed by atoms with E-state index >= 15 is 0 Å². The van der Waals surface area contributed by atoms with Gasteiger partial charge in [-0.05, 0) is 19.1 Å². The van der Waals surface area contributed by atoms with Crippen molar-refractivity contribution in [3.05, 3.63) is 18.2 Å². The number of benzene rings is 1. The molecule has 0 bridgehead atoms. The van der Waals surface area contributed by atoms with E-state index in [4.69, 9.17) is 15.2 Å². The van der Waals surface area contributed by atoms with Crippen LogP contribution in [0.15, 0.2) is 18.2 Å². The summed E-state index contributed by atoms with van der Waals surface area (Å²) in [5, 5.41) is 0. The Balaban J connectivity index is 2.87. The lowest BCUT2D eigenvalue weighted by Crippen LogP contribution is -2.33. The maximum atomic E-state index is 5.97. The molecule has 0 aromatic heterocycles. The number of hydrogen-bond donors (Lipinski definition) is 1. The second-order valence-corrected chi connectivity index (χ2v) is 3.84. The monoisotopic (exact) mass is 224 g/mol. The largest absolute Gasteiger partial charge is 0.497 e. The third kappa shape index (κ3) is 2.79. The molecule has 0 aliphatic heterocycles. The summed E-state index contributed by atoms with van der Waals surface area (Å²) < 4.78 is 10.2. The first-order valence-electron chi connectivity index (χ1n) is 5.25. The quantitative estimate of drug-likeness (QED) is 0.774.